The van der Waals surface area contributed by atoms with Crippen molar-refractivity contribution in [2.24, 2.45) is 0 Å². The fourth-order valence-electron chi connectivity index (χ4n) is 1.77. The van der Waals surface area contributed by atoms with Crippen molar-refractivity contribution in [1.82, 2.24) is 15.1 Å². The molecule has 0 aliphatic rings. The molecule has 0 saturated carbocycles. The highest BCUT2D eigenvalue weighted by atomic mass is 16.5. The Labute approximate surface area is 117 Å². The number of aromatic amines is 1. The van der Waals surface area contributed by atoms with E-state index in [0.29, 0.717) is 24.5 Å². The number of H-pyrrole nitrogens is 1. The normalized spacial score (nSPS) is 10.2. The third-order valence-electron chi connectivity index (χ3n) is 2.88. The van der Waals surface area contributed by atoms with Gasteiger partial charge in [0.05, 0.1) is 18.5 Å². The van der Waals surface area contributed by atoms with Crippen LogP contribution in [-0.2, 0) is 0 Å². The molecular formula is C14H18N4O2. The van der Waals surface area contributed by atoms with E-state index in [1.807, 2.05) is 30.3 Å². The Bertz CT molecular complexity index is 553. The van der Waals surface area contributed by atoms with Crippen molar-refractivity contribution >= 4 is 11.6 Å². The van der Waals surface area contributed by atoms with Crippen LogP contribution in [0.3, 0.4) is 0 Å². The first kappa shape index (κ1) is 13.9. The van der Waals surface area contributed by atoms with Gasteiger partial charge in [0, 0.05) is 13.6 Å². The Morgan fingerprint density at radius 2 is 2.15 bits per heavy atom. The molecule has 106 valence electrons. The van der Waals surface area contributed by atoms with Gasteiger partial charge in [0.1, 0.15) is 11.4 Å². The van der Waals surface area contributed by atoms with Gasteiger partial charge < -0.3 is 15.4 Å². The van der Waals surface area contributed by atoms with Gasteiger partial charge >= 0.3 is 0 Å². The lowest BCUT2D eigenvalue weighted by molar-refractivity contribution is 0.0783. The molecule has 3 N–H and O–H groups in total. The average Bonchev–Trinajstić information content (AvgIpc) is 2.90. The molecule has 0 aliphatic carbocycles. The van der Waals surface area contributed by atoms with Gasteiger partial charge in [0.25, 0.3) is 5.91 Å². The number of anilines is 1. The summed E-state index contributed by atoms with van der Waals surface area (Å²) in [5, 5.41) is 6.34. The number of nitrogens with one attached hydrogen (secondary N) is 1. The smallest absolute Gasteiger partial charge is 0.273 e. The first-order valence-corrected chi connectivity index (χ1v) is 6.40. The molecular weight excluding hydrogens is 256 g/mol. The van der Waals surface area contributed by atoms with Crippen LogP contribution in [0.15, 0.2) is 36.5 Å². The van der Waals surface area contributed by atoms with Crippen molar-refractivity contribution in [3.63, 3.8) is 0 Å². The van der Waals surface area contributed by atoms with Gasteiger partial charge in [0.2, 0.25) is 0 Å². The van der Waals surface area contributed by atoms with E-state index in [1.165, 1.54) is 6.20 Å². The molecule has 20 heavy (non-hydrogen) atoms. The molecule has 2 aromatic rings. The summed E-state index contributed by atoms with van der Waals surface area (Å²) in [7, 11) is 1.73. The minimum Gasteiger partial charge on any atom is -0.494 e. The number of nitrogen functional groups attached to an aromatic ring is 1. The van der Waals surface area contributed by atoms with Crippen LogP contribution < -0.4 is 10.5 Å². The molecule has 0 unspecified atom stereocenters. The lowest BCUT2D eigenvalue weighted by Gasteiger charge is -2.16. The molecule has 6 nitrogen and oxygen atoms in total. The van der Waals surface area contributed by atoms with Crippen molar-refractivity contribution < 1.29 is 9.53 Å². The van der Waals surface area contributed by atoms with E-state index >= 15 is 0 Å². The zero-order valence-electron chi connectivity index (χ0n) is 11.4. The Hall–Kier alpha value is -2.50. The SMILES string of the molecule is CN(CCCOc1ccccc1)C(=O)c1[nH]ncc1N. The summed E-state index contributed by atoms with van der Waals surface area (Å²) in [6.07, 6.45) is 2.17. The van der Waals surface area contributed by atoms with Gasteiger partial charge in [-0.3, -0.25) is 9.89 Å². The van der Waals surface area contributed by atoms with E-state index in [0.717, 1.165) is 12.2 Å². The molecule has 1 aromatic carbocycles. The summed E-state index contributed by atoms with van der Waals surface area (Å²) < 4.78 is 5.57. The van der Waals surface area contributed by atoms with Crippen LogP contribution in [0.1, 0.15) is 16.9 Å². The van der Waals surface area contributed by atoms with E-state index in [4.69, 9.17) is 10.5 Å². The second-order valence-electron chi connectivity index (χ2n) is 4.44. The highest BCUT2D eigenvalue weighted by Crippen LogP contribution is 2.10. The van der Waals surface area contributed by atoms with Crippen LogP contribution in [0.2, 0.25) is 0 Å². The molecule has 0 saturated heterocycles. The van der Waals surface area contributed by atoms with Gasteiger partial charge in [-0.15, -0.1) is 0 Å². The Morgan fingerprint density at radius 1 is 1.40 bits per heavy atom. The van der Waals surface area contributed by atoms with Crippen LogP contribution >= 0.6 is 0 Å². The minimum absolute atomic E-state index is 0.167. The number of carbonyl (C=O) groups is 1. The van der Waals surface area contributed by atoms with Gasteiger partial charge in [-0.05, 0) is 18.6 Å². The van der Waals surface area contributed by atoms with Crippen molar-refractivity contribution in [3.8, 4) is 5.75 Å². The molecule has 6 heteroatoms. The molecule has 0 bridgehead atoms. The molecule has 0 fully saturated rings. The summed E-state index contributed by atoms with van der Waals surface area (Å²) in [5.41, 5.74) is 6.34. The fraction of sp³-hybridized carbons (Fsp3) is 0.286. The molecule has 1 amide bonds. The Morgan fingerprint density at radius 3 is 2.80 bits per heavy atom. The number of nitrogens with two attached hydrogens (primary N) is 1. The fourth-order valence-corrected chi connectivity index (χ4v) is 1.77. The number of benzene rings is 1. The number of hydrogen-bond acceptors (Lipinski definition) is 4. The first-order chi connectivity index (χ1) is 9.68. The second kappa shape index (κ2) is 6.60. The third-order valence-corrected chi connectivity index (χ3v) is 2.88. The number of para-hydroxylation sites is 1. The number of nitrogens with zero attached hydrogens (tertiary/aromatic N) is 2. The number of amides is 1. The zero-order chi connectivity index (χ0) is 14.4. The van der Waals surface area contributed by atoms with Crippen molar-refractivity contribution in [2.45, 2.75) is 6.42 Å². The zero-order valence-corrected chi connectivity index (χ0v) is 11.4. The Balaban J connectivity index is 1.74. The van der Waals surface area contributed by atoms with Crippen LogP contribution in [0.4, 0.5) is 5.69 Å². The number of hydrogen-bond donors (Lipinski definition) is 2. The van der Waals surface area contributed by atoms with Gasteiger partial charge in [-0.1, -0.05) is 18.2 Å². The monoisotopic (exact) mass is 274 g/mol. The quantitative estimate of drug-likeness (QED) is 0.782. The van der Waals surface area contributed by atoms with E-state index < -0.39 is 0 Å². The molecule has 0 radical (unpaired) electrons. The molecule has 1 aromatic heterocycles. The minimum atomic E-state index is -0.167. The molecule has 0 aliphatic heterocycles. The van der Waals surface area contributed by atoms with Crippen LogP contribution in [-0.4, -0.2) is 41.2 Å². The summed E-state index contributed by atoms with van der Waals surface area (Å²) in [6.45, 7) is 1.14. The molecule has 2 rings (SSSR count). The number of rotatable bonds is 6. The molecule has 1 heterocycles. The first-order valence-electron chi connectivity index (χ1n) is 6.40. The van der Waals surface area contributed by atoms with E-state index in [2.05, 4.69) is 10.2 Å². The predicted molar refractivity (Wildman–Crippen MR) is 76.5 cm³/mol. The highest BCUT2D eigenvalue weighted by Gasteiger charge is 2.15. The Kier molecular flexibility index (Phi) is 4.60. The van der Waals surface area contributed by atoms with Crippen molar-refractivity contribution in [3.05, 3.63) is 42.2 Å². The van der Waals surface area contributed by atoms with Crippen molar-refractivity contribution in [1.29, 1.82) is 0 Å². The maximum absolute atomic E-state index is 12.0. The summed E-state index contributed by atoms with van der Waals surface area (Å²) in [5.74, 6) is 0.666. The number of ether oxygens (including phenoxy) is 1. The van der Waals surface area contributed by atoms with E-state index in [1.54, 1.807) is 11.9 Å². The summed E-state index contributed by atoms with van der Waals surface area (Å²) >= 11 is 0. The number of aromatic nitrogens is 2. The summed E-state index contributed by atoms with van der Waals surface area (Å²) in [6, 6.07) is 9.59. The highest BCUT2D eigenvalue weighted by molar-refractivity contribution is 5.96. The second-order valence-corrected chi connectivity index (χ2v) is 4.44. The molecule has 0 atom stereocenters. The predicted octanol–water partition coefficient (Wildman–Crippen LogP) is 1.53. The van der Waals surface area contributed by atoms with E-state index in [9.17, 15) is 4.79 Å². The van der Waals surface area contributed by atoms with Crippen LogP contribution in [0, 0.1) is 0 Å². The lowest BCUT2D eigenvalue weighted by atomic mass is 10.3. The maximum atomic E-state index is 12.0. The van der Waals surface area contributed by atoms with E-state index in [-0.39, 0.29) is 5.91 Å². The average molecular weight is 274 g/mol. The lowest BCUT2D eigenvalue weighted by Crippen LogP contribution is -2.29. The third kappa shape index (κ3) is 3.50. The van der Waals surface area contributed by atoms with Gasteiger partial charge in [0.15, 0.2) is 0 Å². The topological polar surface area (TPSA) is 84.2 Å². The molecule has 0 spiro atoms. The van der Waals surface area contributed by atoms with Crippen LogP contribution in [0.25, 0.3) is 0 Å². The largest absolute Gasteiger partial charge is 0.494 e. The number of carbonyl (C=O) groups excluding carboxylic acids is 1. The van der Waals surface area contributed by atoms with Gasteiger partial charge in [-0.2, -0.15) is 5.10 Å². The van der Waals surface area contributed by atoms with Crippen molar-refractivity contribution in [2.75, 3.05) is 25.9 Å². The standard InChI is InChI=1S/C14H18N4O2/c1-18(14(19)13-12(15)10-16-17-13)8-5-9-20-11-6-3-2-4-7-11/h2-4,6-7,10H,5,8-9,15H2,1H3,(H,16,17). The maximum Gasteiger partial charge on any atom is 0.273 e. The van der Waals surface area contributed by atoms with Crippen LogP contribution in [0.5, 0.6) is 5.75 Å². The van der Waals surface area contributed by atoms with Gasteiger partial charge in [-0.25, -0.2) is 0 Å². The summed E-state index contributed by atoms with van der Waals surface area (Å²) in [4.78, 5) is 13.6.